The van der Waals surface area contributed by atoms with Crippen LogP contribution in [0, 0.1) is 5.82 Å². The Kier molecular flexibility index (Phi) is 6.03. The zero-order chi connectivity index (χ0) is 14.5. The molecule has 0 saturated carbocycles. The number of nitrogens with two attached hydrogens (primary N) is 1. The second-order valence-electron chi connectivity index (χ2n) is 5.11. The van der Waals surface area contributed by atoms with Gasteiger partial charge in [0.25, 0.3) is 5.88 Å². The highest BCUT2D eigenvalue weighted by molar-refractivity contribution is 5.22. The Hall–Kier alpha value is -1.79. The molecule has 1 aliphatic rings. The van der Waals surface area contributed by atoms with E-state index in [2.05, 4.69) is 10.5 Å². The molecular formula is C15H18ClFN2O3. The fraction of sp³-hybridized carbons (Fsp3) is 0.400. The summed E-state index contributed by atoms with van der Waals surface area (Å²) in [5.41, 5.74) is 0. The molecule has 2 heterocycles. The molecule has 1 saturated heterocycles. The summed E-state index contributed by atoms with van der Waals surface area (Å²) < 4.78 is 29.0. The van der Waals surface area contributed by atoms with E-state index in [9.17, 15) is 4.39 Å². The second-order valence-corrected chi connectivity index (χ2v) is 5.11. The van der Waals surface area contributed by atoms with Crippen LogP contribution in [0.4, 0.5) is 4.39 Å². The van der Waals surface area contributed by atoms with E-state index in [-0.39, 0.29) is 24.8 Å². The number of rotatable bonds is 6. The number of hydrogen-bond acceptors (Lipinski definition) is 4. The fourth-order valence-electron chi connectivity index (χ4n) is 2.31. The highest BCUT2D eigenvalue weighted by Crippen LogP contribution is 2.16. The smallest absolute Gasteiger partial charge is 0.254 e. The average Bonchev–Trinajstić information content (AvgIpc) is 3.16. The van der Waals surface area contributed by atoms with Crippen LogP contribution in [0.2, 0.25) is 0 Å². The maximum absolute atomic E-state index is 12.8. The van der Waals surface area contributed by atoms with E-state index in [1.165, 1.54) is 31.5 Å². The van der Waals surface area contributed by atoms with Crippen LogP contribution < -0.4 is 27.2 Å². The fourth-order valence-corrected chi connectivity index (χ4v) is 2.31. The van der Waals surface area contributed by atoms with E-state index in [1.807, 2.05) is 0 Å². The lowest BCUT2D eigenvalue weighted by molar-refractivity contribution is -0.670. The van der Waals surface area contributed by atoms with Crippen molar-refractivity contribution >= 4 is 0 Å². The quantitative estimate of drug-likeness (QED) is 0.701. The van der Waals surface area contributed by atoms with Gasteiger partial charge in [0, 0.05) is 18.9 Å². The van der Waals surface area contributed by atoms with Crippen molar-refractivity contribution in [3.8, 4) is 11.6 Å². The zero-order valence-corrected chi connectivity index (χ0v) is 12.8. The summed E-state index contributed by atoms with van der Waals surface area (Å²) >= 11 is 0. The number of ether oxygens (including phenoxy) is 2. The monoisotopic (exact) mass is 328 g/mol. The number of benzene rings is 1. The van der Waals surface area contributed by atoms with Crippen molar-refractivity contribution < 1.29 is 36.1 Å². The largest absolute Gasteiger partial charge is 1.00 e. The van der Waals surface area contributed by atoms with Gasteiger partial charge < -0.3 is 31.7 Å². The Bertz CT molecular complexity index is 570. The molecule has 0 amide bonds. The van der Waals surface area contributed by atoms with Gasteiger partial charge in [-0.3, -0.25) is 0 Å². The summed E-state index contributed by atoms with van der Waals surface area (Å²) in [6, 6.07) is 8.07. The Morgan fingerprint density at radius 1 is 1.27 bits per heavy atom. The molecule has 0 radical (unpaired) electrons. The lowest BCUT2D eigenvalue weighted by Gasteiger charge is -2.06. The van der Waals surface area contributed by atoms with Gasteiger partial charge in [-0.15, -0.1) is 0 Å². The maximum Gasteiger partial charge on any atom is 0.254 e. The Balaban J connectivity index is 0.00000176. The summed E-state index contributed by atoms with van der Waals surface area (Å²) in [5, 5.41) is 6.14. The van der Waals surface area contributed by atoms with Crippen molar-refractivity contribution in [2.45, 2.75) is 25.5 Å². The number of halogens is 2. The summed E-state index contributed by atoms with van der Waals surface area (Å²) in [6.45, 7) is 2.05. The van der Waals surface area contributed by atoms with Gasteiger partial charge in [-0.05, 0) is 29.4 Å². The van der Waals surface area contributed by atoms with Crippen LogP contribution in [0.1, 0.15) is 18.6 Å². The van der Waals surface area contributed by atoms with E-state index in [0.717, 1.165) is 0 Å². The Morgan fingerprint density at radius 2 is 2.09 bits per heavy atom. The van der Waals surface area contributed by atoms with Crippen LogP contribution >= 0.6 is 0 Å². The van der Waals surface area contributed by atoms with Crippen molar-refractivity contribution in [1.29, 1.82) is 0 Å². The van der Waals surface area contributed by atoms with Crippen LogP contribution in [0.3, 0.4) is 0 Å². The van der Waals surface area contributed by atoms with Gasteiger partial charge in [0.1, 0.15) is 30.8 Å². The second kappa shape index (κ2) is 8.00. The zero-order valence-electron chi connectivity index (χ0n) is 12.0. The van der Waals surface area contributed by atoms with Crippen molar-refractivity contribution in [3.63, 3.8) is 0 Å². The van der Waals surface area contributed by atoms with E-state index >= 15 is 0 Å². The van der Waals surface area contributed by atoms with Gasteiger partial charge >= 0.3 is 0 Å². The average molecular weight is 329 g/mol. The predicted molar refractivity (Wildman–Crippen MR) is 72.5 cm³/mol. The molecule has 120 valence electrons. The minimum absolute atomic E-state index is 0. The van der Waals surface area contributed by atoms with E-state index in [0.29, 0.717) is 30.0 Å². The summed E-state index contributed by atoms with van der Waals surface area (Å²) in [7, 11) is 0. The standard InChI is InChI=1S/C15H17FN2O3.ClH/c16-11-3-5-13(6-4-11)19-10-14-8-15(18-21-14)20-9-12-2-1-7-17-12;/h3-6,8,12,17H,1-2,7,9-10H2;1H/t12-;/m0./s1. The molecule has 2 N–H and O–H groups in total. The third-order valence-electron chi connectivity index (χ3n) is 3.46. The van der Waals surface area contributed by atoms with E-state index in [1.54, 1.807) is 18.2 Å². The molecule has 3 rings (SSSR count). The van der Waals surface area contributed by atoms with Gasteiger partial charge in [-0.1, -0.05) is 0 Å². The molecule has 1 aromatic carbocycles. The lowest BCUT2D eigenvalue weighted by atomic mass is 10.2. The normalized spacial score (nSPS) is 17.0. The summed E-state index contributed by atoms with van der Waals surface area (Å²) in [5.74, 6) is 1.34. The van der Waals surface area contributed by atoms with Crippen LogP contribution in [-0.2, 0) is 6.61 Å². The molecule has 1 aliphatic heterocycles. The highest BCUT2D eigenvalue weighted by atomic mass is 35.5. The van der Waals surface area contributed by atoms with Gasteiger partial charge in [0.05, 0.1) is 6.54 Å². The lowest BCUT2D eigenvalue weighted by Crippen LogP contribution is -3.00. The van der Waals surface area contributed by atoms with E-state index in [4.69, 9.17) is 14.0 Å². The minimum atomic E-state index is -0.290. The Morgan fingerprint density at radius 3 is 2.82 bits per heavy atom. The molecule has 2 aromatic rings. The van der Waals surface area contributed by atoms with E-state index < -0.39 is 0 Å². The van der Waals surface area contributed by atoms with Crippen LogP contribution in [-0.4, -0.2) is 24.4 Å². The molecule has 22 heavy (non-hydrogen) atoms. The van der Waals surface area contributed by atoms with Gasteiger partial charge in [-0.2, -0.15) is 0 Å². The molecule has 0 unspecified atom stereocenters. The van der Waals surface area contributed by atoms with Crippen LogP contribution in [0.25, 0.3) is 0 Å². The topological polar surface area (TPSA) is 61.1 Å². The third-order valence-corrected chi connectivity index (χ3v) is 3.46. The first-order valence-corrected chi connectivity index (χ1v) is 7.10. The molecule has 1 fully saturated rings. The number of aromatic nitrogens is 1. The predicted octanol–water partition coefficient (Wildman–Crippen LogP) is -1.50. The molecule has 1 atom stereocenters. The highest BCUT2D eigenvalue weighted by Gasteiger charge is 2.19. The molecular weight excluding hydrogens is 311 g/mol. The Labute approximate surface area is 134 Å². The van der Waals surface area contributed by atoms with Crippen LogP contribution in [0.5, 0.6) is 11.6 Å². The van der Waals surface area contributed by atoms with Gasteiger partial charge in [-0.25, -0.2) is 4.39 Å². The molecule has 0 spiro atoms. The molecule has 5 nitrogen and oxygen atoms in total. The van der Waals surface area contributed by atoms with Crippen molar-refractivity contribution in [3.05, 3.63) is 41.9 Å². The summed E-state index contributed by atoms with van der Waals surface area (Å²) in [6.07, 6.45) is 2.42. The maximum atomic E-state index is 12.8. The van der Waals surface area contributed by atoms with Crippen molar-refractivity contribution in [2.24, 2.45) is 0 Å². The third kappa shape index (κ3) is 4.61. The number of hydrogen-bond donors (Lipinski definition) is 1. The molecule has 1 aromatic heterocycles. The minimum Gasteiger partial charge on any atom is -1.00 e. The molecule has 7 heteroatoms. The van der Waals surface area contributed by atoms with Crippen LogP contribution in [0.15, 0.2) is 34.9 Å². The van der Waals surface area contributed by atoms with Crippen molar-refractivity contribution in [2.75, 3.05) is 13.2 Å². The first kappa shape index (κ1) is 16.6. The number of nitrogens with zero attached hydrogens (tertiary/aromatic N) is 1. The van der Waals surface area contributed by atoms with Gasteiger partial charge in [0.2, 0.25) is 0 Å². The first-order valence-electron chi connectivity index (χ1n) is 7.10. The summed E-state index contributed by atoms with van der Waals surface area (Å²) in [4.78, 5) is 0. The molecule has 0 bridgehead atoms. The number of quaternary nitrogens is 1. The van der Waals surface area contributed by atoms with Gasteiger partial charge in [0.15, 0.2) is 5.76 Å². The van der Waals surface area contributed by atoms with Crippen molar-refractivity contribution in [1.82, 2.24) is 5.16 Å². The molecule has 0 aliphatic carbocycles. The first-order chi connectivity index (χ1) is 10.3. The SMILES string of the molecule is Fc1ccc(OCc2cc(OC[C@@H]3CCC[NH2+]3)no2)cc1.[Cl-].